The van der Waals surface area contributed by atoms with E-state index in [9.17, 15) is 4.79 Å². The Morgan fingerprint density at radius 3 is 2.60 bits per heavy atom. The standard InChI is InChI=1S/C8H15NO/c1-6-4-3-5-8(6)9-7(2)10/h6,8H,3-5H2,1-2H3,(H,9,10)/t6-,8-/m0/s1. The fraction of sp³-hybridized carbons (Fsp3) is 0.875. The monoisotopic (exact) mass is 141 g/mol. The molecule has 10 heavy (non-hydrogen) atoms. The van der Waals surface area contributed by atoms with Gasteiger partial charge in [0.25, 0.3) is 0 Å². The van der Waals surface area contributed by atoms with Gasteiger partial charge in [-0.2, -0.15) is 0 Å². The molecule has 0 aromatic heterocycles. The molecule has 1 rings (SSSR count). The number of carbonyl (C=O) groups is 1. The van der Waals surface area contributed by atoms with Crippen LogP contribution in [0, 0.1) is 5.92 Å². The smallest absolute Gasteiger partial charge is 0.217 e. The lowest BCUT2D eigenvalue weighted by Gasteiger charge is -2.15. The van der Waals surface area contributed by atoms with E-state index in [1.54, 1.807) is 6.92 Å². The van der Waals surface area contributed by atoms with Gasteiger partial charge in [-0.3, -0.25) is 4.79 Å². The van der Waals surface area contributed by atoms with Crippen molar-refractivity contribution < 1.29 is 4.79 Å². The molecule has 0 aliphatic heterocycles. The molecule has 1 aliphatic rings. The van der Waals surface area contributed by atoms with Crippen molar-refractivity contribution in [2.45, 2.75) is 39.2 Å². The van der Waals surface area contributed by atoms with Gasteiger partial charge in [-0.15, -0.1) is 0 Å². The van der Waals surface area contributed by atoms with Crippen molar-refractivity contribution in [1.82, 2.24) is 5.32 Å². The molecule has 2 atom stereocenters. The fourth-order valence-electron chi connectivity index (χ4n) is 1.62. The SMILES string of the molecule is CC(=O)N[C@H]1CCC[C@@H]1C. The zero-order valence-corrected chi connectivity index (χ0v) is 6.68. The highest BCUT2D eigenvalue weighted by atomic mass is 16.1. The summed E-state index contributed by atoms with van der Waals surface area (Å²) >= 11 is 0. The maximum Gasteiger partial charge on any atom is 0.217 e. The predicted molar refractivity (Wildman–Crippen MR) is 40.6 cm³/mol. The minimum Gasteiger partial charge on any atom is -0.353 e. The number of hydrogen-bond donors (Lipinski definition) is 1. The fourth-order valence-corrected chi connectivity index (χ4v) is 1.62. The van der Waals surface area contributed by atoms with E-state index in [-0.39, 0.29) is 5.91 Å². The van der Waals surface area contributed by atoms with E-state index < -0.39 is 0 Å². The molecule has 1 N–H and O–H groups in total. The second kappa shape index (κ2) is 3.04. The third-order valence-corrected chi connectivity index (χ3v) is 2.25. The first-order valence-corrected chi connectivity index (χ1v) is 3.97. The van der Waals surface area contributed by atoms with Gasteiger partial charge >= 0.3 is 0 Å². The van der Waals surface area contributed by atoms with Crippen LogP contribution in [0.3, 0.4) is 0 Å². The maximum absolute atomic E-state index is 10.6. The van der Waals surface area contributed by atoms with Crippen molar-refractivity contribution in [3.63, 3.8) is 0 Å². The molecule has 0 heterocycles. The number of hydrogen-bond acceptors (Lipinski definition) is 1. The van der Waals surface area contributed by atoms with E-state index in [1.165, 1.54) is 19.3 Å². The van der Waals surface area contributed by atoms with Crippen molar-refractivity contribution in [2.24, 2.45) is 5.92 Å². The van der Waals surface area contributed by atoms with Gasteiger partial charge in [0.1, 0.15) is 0 Å². The van der Waals surface area contributed by atoms with Crippen molar-refractivity contribution in [3.05, 3.63) is 0 Å². The van der Waals surface area contributed by atoms with Crippen LogP contribution in [-0.2, 0) is 4.79 Å². The zero-order chi connectivity index (χ0) is 7.56. The summed E-state index contributed by atoms with van der Waals surface area (Å²) in [5.74, 6) is 0.794. The van der Waals surface area contributed by atoms with Crippen molar-refractivity contribution in [2.75, 3.05) is 0 Å². The Bertz CT molecular complexity index is 133. The van der Waals surface area contributed by atoms with Crippen molar-refractivity contribution in [1.29, 1.82) is 0 Å². The Morgan fingerprint density at radius 2 is 2.20 bits per heavy atom. The third-order valence-electron chi connectivity index (χ3n) is 2.25. The van der Waals surface area contributed by atoms with Gasteiger partial charge < -0.3 is 5.32 Å². The van der Waals surface area contributed by atoms with Crippen LogP contribution in [0.15, 0.2) is 0 Å². The van der Waals surface area contributed by atoms with E-state index in [2.05, 4.69) is 12.2 Å². The first-order valence-electron chi connectivity index (χ1n) is 3.97. The average Bonchev–Trinajstić information content (AvgIpc) is 2.15. The molecule has 1 amide bonds. The second-order valence-corrected chi connectivity index (χ2v) is 3.22. The van der Waals surface area contributed by atoms with Crippen LogP contribution < -0.4 is 5.32 Å². The summed E-state index contributed by atoms with van der Waals surface area (Å²) < 4.78 is 0. The lowest BCUT2D eigenvalue weighted by atomic mass is 10.1. The Hall–Kier alpha value is -0.530. The van der Waals surface area contributed by atoms with Crippen LogP contribution in [0.4, 0.5) is 0 Å². The molecule has 2 heteroatoms. The highest BCUT2D eigenvalue weighted by Gasteiger charge is 2.23. The number of nitrogens with one attached hydrogen (secondary N) is 1. The molecule has 0 aromatic rings. The van der Waals surface area contributed by atoms with Gasteiger partial charge in [0.05, 0.1) is 0 Å². The van der Waals surface area contributed by atoms with Gasteiger partial charge in [0.2, 0.25) is 5.91 Å². The van der Waals surface area contributed by atoms with E-state index >= 15 is 0 Å². The lowest BCUT2D eigenvalue weighted by molar-refractivity contribution is -0.119. The second-order valence-electron chi connectivity index (χ2n) is 3.22. The average molecular weight is 141 g/mol. The summed E-state index contributed by atoms with van der Waals surface area (Å²) in [6.45, 7) is 3.79. The Kier molecular flexibility index (Phi) is 2.30. The largest absolute Gasteiger partial charge is 0.353 e. The van der Waals surface area contributed by atoms with Crippen LogP contribution >= 0.6 is 0 Å². The van der Waals surface area contributed by atoms with Crippen molar-refractivity contribution >= 4 is 5.91 Å². The molecule has 0 bridgehead atoms. The molecule has 0 aromatic carbocycles. The van der Waals surface area contributed by atoms with E-state index in [1.807, 2.05) is 0 Å². The summed E-state index contributed by atoms with van der Waals surface area (Å²) in [7, 11) is 0. The predicted octanol–water partition coefficient (Wildman–Crippen LogP) is 1.31. The molecule has 0 saturated heterocycles. The van der Waals surface area contributed by atoms with Gasteiger partial charge in [-0.25, -0.2) is 0 Å². The van der Waals surface area contributed by atoms with Crippen LogP contribution in [0.2, 0.25) is 0 Å². The van der Waals surface area contributed by atoms with Crippen LogP contribution in [-0.4, -0.2) is 11.9 Å². The Balaban J connectivity index is 2.33. The van der Waals surface area contributed by atoms with Gasteiger partial charge in [0.15, 0.2) is 0 Å². The minimum atomic E-state index is 0.110. The van der Waals surface area contributed by atoms with Crippen LogP contribution in [0.25, 0.3) is 0 Å². The summed E-state index contributed by atoms with van der Waals surface area (Å²) in [6.07, 6.45) is 3.71. The molecule has 1 aliphatic carbocycles. The summed E-state index contributed by atoms with van der Waals surface area (Å²) in [6, 6.07) is 0.456. The van der Waals surface area contributed by atoms with Gasteiger partial charge in [0, 0.05) is 13.0 Å². The Labute approximate surface area is 62.0 Å². The van der Waals surface area contributed by atoms with E-state index in [0.717, 1.165) is 0 Å². The molecule has 1 saturated carbocycles. The molecule has 0 radical (unpaired) electrons. The molecule has 2 nitrogen and oxygen atoms in total. The van der Waals surface area contributed by atoms with Gasteiger partial charge in [-0.1, -0.05) is 13.3 Å². The lowest BCUT2D eigenvalue weighted by Crippen LogP contribution is -2.34. The van der Waals surface area contributed by atoms with Crippen molar-refractivity contribution in [3.8, 4) is 0 Å². The normalized spacial score (nSPS) is 32.2. The number of carbonyl (C=O) groups excluding carboxylic acids is 1. The third kappa shape index (κ3) is 1.72. The highest BCUT2D eigenvalue weighted by Crippen LogP contribution is 2.24. The first kappa shape index (κ1) is 7.58. The van der Waals surface area contributed by atoms with E-state index in [4.69, 9.17) is 0 Å². The number of rotatable bonds is 1. The highest BCUT2D eigenvalue weighted by molar-refractivity contribution is 5.73. The number of amides is 1. The Morgan fingerprint density at radius 1 is 1.50 bits per heavy atom. The molecule has 58 valence electrons. The molecule has 0 spiro atoms. The summed E-state index contributed by atoms with van der Waals surface area (Å²) in [5.41, 5.74) is 0. The van der Waals surface area contributed by atoms with E-state index in [0.29, 0.717) is 12.0 Å². The van der Waals surface area contributed by atoms with Gasteiger partial charge in [-0.05, 0) is 18.8 Å². The quantitative estimate of drug-likeness (QED) is 0.586. The van der Waals surface area contributed by atoms with Crippen LogP contribution in [0.5, 0.6) is 0 Å². The topological polar surface area (TPSA) is 29.1 Å². The first-order chi connectivity index (χ1) is 4.70. The molecular weight excluding hydrogens is 126 g/mol. The zero-order valence-electron chi connectivity index (χ0n) is 6.68. The molecule has 1 fully saturated rings. The van der Waals surface area contributed by atoms with Crippen LogP contribution in [0.1, 0.15) is 33.1 Å². The summed E-state index contributed by atoms with van der Waals surface area (Å²) in [4.78, 5) is 10.6. The molecular formula is C8H15NO. The molecule has 0 unspecified atom stereocenters. The maximum atomic E-state index is 10.6. The minimum absolute atomic E-state index is 0.110. The summed E-state index contributed by atoms with van der Waals surface area (Å²) in [5, 5.41) is 2.95.